The molecule has 0 radical (unpaired) electrons. The van der Waals surface area contributed by atoms with Crippen molar-refractivity contribution >= 4 is 36.2 Å². The predicted molar refractivity (Wildman–Crippen MR) is 106 cm³/mol. The van der Waals surface area contributed by atoms with Crippen LogP contribution >= 0.6 is 24.3 Å². The minimum Gasteiger partial charge on any atom is -0.460 e. The second-order valence-electron chi connectivity index (χ2n) is 6.67. The van der Waals surface area contributed by atoms with E-state index in [2.05, 4.69) is 5.32 Å². The summed E-state index contributed by atoms with van der Waals surface area (Å²) in [5, 5.41) is 2.70. The first-order chi connectivity index (χ1) is 12.9. The zero-order valence-electron chi connectivity index (χ0n) is 16.9. The summed E-state index contributed by atoms with van der Waals surface area (Å²) in [5.41, 5.74) is 0. The van der Waals surface area contributed by atoms with Crippen LogP contribution in [0.5, 0.6) is 0 Å². The van der Waals surface area contributed by atoms with Crippen LogP contribution in [0.2, 0.25) is 0 Å². The number of rotatable bonds is 9. The van der Waals surface area contributed by atoms with Gasteiger partial charge in [0.1, 0.15) is 6.10 Å². The molecule has 1 heterocycles. The molecular formula is C15H30NO9P3. The van der Waals surface area contributed by atoms with E-state index in [9.17, 15) is 23.9 Å². The summed E-state index contributed by atoms with van der Waals surface area (Å²) in [6.45, 7) is 8.97. The molecular weight excluding hydrogens is 431 g/mol. The average Bonchev–Trinajstić information content (AvgIpc) is 2.50. The SMILES string of the molecule is CC[C@H]1O[C@H](CP(=O)(OP(C)O)OP(C)O)[C@H](NC(C)=O)[C@@H](OC(C)=O)[C@@H]1C. The Morgan fingerprint density at radius 2 is 1.68 bits per heavy atom. The third-order valence-electron chi connectivity index (χ3n) is 4.17. The fraction of sp³-hybridized carbons (Fsp3) is 0.867. The number of hydrogen-bond acceptors (Lipinski definition) is 9. The van der Waals surface area contributed by atoms with E-state index in [0.717, 1.165) is 0 Å². The Kier molecular flexibility index (Phi) is 10.4. The zero-order valence-corrected chi connectivity index (χ0v) is 19.6. The van der Waals surface area contributed by atoms with E-state index in [0.29, 0.717) is 6.42 Å². The van der Waals surface area contributed by atoms with Gasteiger partial charge in [0.2, 0.25) is 5.91 Å². The maximum atomic E-state index is 13.1. The van der Waals surface area contributed by atoms with E-state index in [1.807, 2.05) is 13.8 Å². The normalized spacial score (nSPS) is 32.1. The molecule has 13 heteroatoms. The minimum atomic E-state index is -3.96. The molecule has 0 saturated carbocycles. The van der Waals surface area contributed by atoms with E-state index in [1.54, 1.807) is 0 Å². The lowest BCUT2D eigenvalue weighted by atomic mass is 9.85. The van der Waals surface area contributed by atoms with Gasteiger partial charge in [-0.3, -0.25) is 22.8 Å². The molecule has 1 rings (SSSR count). The lowest BCUT2D eigenvalue weighted by Gasteiger charge is -2.45. The van der Waals surface area contributed by atoms with E-state index < -0.39 is 48.6 Å². The van der Waals surface area contributed by atoms with E-state index in [-0.39, 0.29) is 24.1 Å². The van der Waals surface area contributed by atoms with Crippen LogP contribution < -0.4 is 5.32 Å². The Labute approximate surface area is 168 Å². The van der Waals surface area contributed by atoms with Gasteiger partial charge in [-0.05, 0) is 6.42 Å². The van der Waals surface area contributed by atoms with Crippen LogP contribution in [0.4, 0.5) is 0 Å². The Balaban J connectivity index is 3.25. The van der Waals surface area contributed by atoms with Crippen LogP contribution in [0.15, 0.2) is 0 Å². The molecule has 28 heavy (non-hydrogen) atoms. The van der Waals surface area contributed by atoms with Gasteiger partial charge in [-0.2, -0.15) is 0 Å². The van der Waals surface area contributed by atoms with Gasteiger partial charge in [0.25, 0.3) is 0 Å². The molecule has 0 aromatic rings. The summed E-state index contributed by atoms with van der Waals surface area (Å²) in [7, 11) is -8.04. The highest BCUT2D eigenvalue weighted by molar-refractivity contribution is 7.69. The number of amides is 1. The van der Waals surface area contributed by atoms with E-state index in [4.69, 9.17) is 18.1 Å². The Hall–Kier alpha value is -0.170. The van der Waals surface area contributed by atoms with E-state index in [1.165, 1.54) is 27.2 Å². The maximum absolute atomic E-state index is 13.1. The van der Waals surface area contributed by atoms with Crippen molar-refractivity contribution in [2.75, 3.05) is 19.5 Å². The van der Waals surface area contributed by atoms with Crippen LogP contribution in [0.25, 0.3) is 0 Å². The summed E-state index contributed by atoms with van der Waals surface area (Å²) in [5.74, 6) is -1.13. The third-order valence-corrected chi connectivity index (χ3v) is 8.86. The van der Waals surface area contributed by atoms with Crippen molar-refractivity contribution in [3.8, 4) is 0 Å². The maximum Gasteiger partial charge on any atom is 0.343 e. The molecule has 164 valence electrons. The molecule has 2 unspecified atom stereocenters. The highest BCUT2D eigenvalue weighted by atomic mass is 31.3. The summed E-state index contributed by atoms with van der Waals surface area (Å²) in [6.07, 6.45) is -1.67. The molecule has 0 bridgehead atoms. The topological polar surface area (TPSA) is 141 Å². The molecule has 0 spiro atoms. The third kappa shape index (κ3) is 7.92. The molecule has 1 fully saturated rings. The predicted octanol–water partition coefficient (Wildman–Crippen LogP) is 2.33. The standard InChI is InChI=1S/C15H30NO9P3/c1-7-12-9(2)15(22-11(4)18)14(16-10(3)17)13(23-12)8-28(21,24-26(5)19)25-27(6)20/h9,12-15,19-20H,7-8H2,1-6H3,(H,16,17)/t9-,12-,13-,14+,15+,26?,27?,28?/m1/s1. The number of carbonyl (C=O) groups excluding carboxylic acids is 2. The second-order valence-corrected chi connectivity index (χ2v) is 11.4. The van der Waals surface area contributed by atoms with Gasteiger partial charge in [-0.25, -0.2) is 0 Å². The van der Waals surface area contributed by atoms with Crippen molar-refractivity contribution in [1.29, 1.82) is 0 Å². The van der Waals surface area contributed by atoms with Crippen LogP contribution in [0.3, 0.4) is 0 Å². The molecule has 10 nitrogen and oxygen atoms in total. The fourth-order valence-corrected chi connectivity index (χ4v) is 7.81. The highest BCUT2D eigenvalue weighted by Crippen LogP contribution is 2.63. The zero-order chi connectivity index (χ0) is 21.6. The first-order valence-electron chi connectivity index (χ1n) is 8.82. The number of nitrogens with one attached hydrogen (secondary N) is 1. The van der Waals surface area contributed by atoms with Gasteiger partial charge >= 0.3 is 13.6 Å². The molecule has 3 N–H and O–H groups in total. The highest BCUT2D eigenvalue weighted by Gasteiger charge is 2.49. The van der Waals surface area contributed by atoms with E-state index >= 15 is 0 Å². The largest absolute Gasteiger partial charge is 0.460 e. The van der Waals surface area contributed by atoms with Gasteiger partial charge in [-0.1, -0.05) is 13.8 Å². The summed E-state index contributed by atoms with van der Waals surface area (Å²) in [4.78, 5) is 42.6. The first-order valence-corrected chi connectivity index (χ1v) is 13.9. The van der Waals surface area contributed by atoms with Crippen molar-refractivity contribution in [2.45, 2.75) is 58.5 Å². The molecule has 0 aromatic carbocycles. The van der Waals surface area contributed by atoms with Gasteiger partial charge in [-0.15, -0.1) is 0 Å². The lowest BCUT2D eigenvalue weighted by Crippen LogP contribution is -2.62. The average molecular weight is 461 g/mol. The van der Waals surface area contributed by atoms with Crippen LogP contribution in [-0.2, 0) is 32.2 Å². The summed E-state index contributed by atoms with van der Waals surface area (Å²) in [6, 6.07) is -0.803. The van der Waals surface area contributed by atoms with Crippen LogP contribution in [-0.4, -0.2) is 65.5 Å². The van der Waals surface area contributed by atoms with Crippen molar-refractivity contribution in [3.05, 3.63) is 0 Å². The van der Waals surface area contributed by atoms with Gasteiger partial charge < -0.3 is 24.6 Å². The lowest BCUT2D eigenvalue weighted by molar-refractivity contribution is -0.180. The minimum absolute atomic E-state index is 0.231. The number of esters is 1. The first kappa shape index (κ1) is 25.9. The smallest absolute Gasteiger partial charge is 0.343 e. The molecule has 1 aliphatic heterocycles. The molecule has 1 amide bonds. The summed E-state index contributed by atoms with van der Waals surface area (Å²) >= 11 is 0. The Morgan fingerprint density at radius 1 is 1.14 bits per heavy atom. The van der Waals surface area contributed by atoms with Crippen molar-refractivity contribution < 1.29 is 42.0 Å². The van der Waals surface area contributed by atoms with Gasteiger partial charge in [0.05, 0.1) is 24.4 Å². The van der Waals surface area contributed by atoms with Gasteiger partial charge in [0.15, 0.2) is 16.8 Å². The van der Waals surface area contributed by atoms with Crippen LogP contribution in [0, 0.1) is 5.92 Å². The van der Waals surface area contributed by atoms with Gasteiger partial charge in [0, 0.05) is 33.1 Å². The van der Waals surface area contributed by atoms with Crippen LogP contribution in [0.1, 0.15) is 34.1 Å². The van der Waals surface area contributed by atoms with Crippen molar-refractivity contribution in [2.24, 2.45) is 5.92 Å². The Morgan fingerprint density at radius 3 is 2.07 bits per heavy atom. The molecule has 1 aliphatic rings. The number of carbonyl (C=O) groups is 2. The molecule has 1 saturated heterocycles. The quantitative estimate of drug-likeness (QED) is 0.349. The monoisotopic (exact) mass is 461 g/mol. The fourth-order valence-electron chi connectivity index (χ4n) is 3.25. The van der Waals surface area contributed by atoms with Crippen molar-refractivity contribution in [3.63, 3.8) is 0 Å². The van der Waals surface area contributed by atoms with Crippen molar-refractivity contribution in [1.82, 2.24) is 5.32 Å². The number of hydrogen-bond donors (Lipinski definition) is 3. The molecule has 0 aliphatic carbocycles. The second kappa shape index (κ2) is 11.3. The Bertz CT molecular complexity index is 575. The summed E-state index contributed by atoms with van der Waals surface area (Å²) < 4.78 is 34.9. The molecule has 0 aromatic heterocycles. The number of ether oxygens (including phenoxy) is 2. The molecule has 7 atom stereocenters.